The third kappa shape index (κ3) is 2.89. The first kappa shape index (κ1) is 15.4. The summed E-state index contributed by atoms with van der Waals surface area (Å²) in [5.41, 5.74) is 5.12. The van der Waals surface area contributed by atoms with Crippen LogP contribution < -0.4 is 0 Å². The molecule has 0 saturated heterocycles. The van der Waals surface area contributed by atoms with Crippen molar-refractivity contribution in [3.63, 3.8) is 0 Å². The van der Waals surface area contributed by atoms with Gasteiger partial charge < -0.3 is 5.11 Å². The van der Waals surface area contributed by atoms with Crippen LogP contribution in [0.25, 0.3) is 11.3 Å². The van der Waals surface area contributed by atoms with Crippen molar-refractivity contribution in [3.8, 4) is 11.3 Å². The van der Waals surface area contributed by atoms with E-state index in [0.717, 1.165) is 33.9 Å². The smallest absolute Gasteiger partial charge is 0.303 e. The molecule has 118 valence electrons. The number of aryl methyl sites for hydroxylation is 1. The lowest BCUT2D eigenvalue weighted by Crippen LogP contribution is -2.22. The maximum absolute atomic E-state index is 10.6. The van der Waals surface area contributed by atoms with E-state index < -0.39 is 5.97 Å². The Morgan fingerprint density at radius 1 is 1.13 bits per heavy atom. The Morgan fingerprint density at radius 3 is 2.48 bits per heavy atom. The van der Waals surface area contributed by atoms with E-state index in [2.05, 4.69) is 24.9 Å². The van der Waals surface area contributed by atoms with E-state index in [0.29, 0.717) is 6.42 Å². The van der Waals surface area contributed by atoms with Crippen molar-refractivity contribution in [3.05, 3.63) is 47.5 Å². The summed E-state index contributed by atoms with van der Waals surface area (Å²) in [5, 5.41) is 8.74. The van der Waals surface area contributed by atoms with E-state index in [-0.39, 0.29) is 11.8 Å². The molecule has 0 saturated carbocycles. The number of carboxylic acid groups (broad SMARTS) is 1. The fourth-order valence-electron chi connectivity index (χ4n) is 2.77. The summed E-state index contributed by atoms with van der Waals surface area (Å²) in [7, 11) is 0. The number of carboxylic acids is 1. The molecule has 0 atom stereocenters. The Hall–Kier alpha value is -2.49. The predicted molar refractivity (Wildman–Crippen MR) is 91.4 cm³/mol. The minimum atomic E-state index is -0.773. The molecule has 0 amide bonds. The highest BCUT2D eigenvalue weighted by atomic mass is 16.4. The molecule has 3 rings (SSSR count). The molecule has 1 aliphatic rings. The first-order valence-corrected chi connectivity index (χ1v) is 7.76. The van der Waals surface area contributed by atoms with E-state index in [1.165, 1.54) is 0 Å². The van der Waals surface area contributed by atoms with Gasteiger partial charge in [0.1, 0.15) is 0 Å². The number of pyridine rings is 1. The van der Waals surface area contributed by atoms with Crippen molar-refractivity contribution in [2.24, 2.45) is 4.99 Å². The fraction of sp³-hybridized carbons (Fsp3) is 0.316. The second-order valence-corrected chi connectivity index (χ2v) is 6.48. The Kier molecular flexibility index (Phi) is 3.76. The van der Waals surface area contributed by atoms with Gasteiger partial charge in [0, 0.05) is 28.7 Å². The molecule has 1 aromatic heterocycles. The number of benzene rings is 1. The zero-order valence-corrected chi connectivity index (χ0v) is 13.6. The SMILES string of the molecule is CC1=Nc2nc(-c3ccc(CCC(=O)O)cc3)ccc2C1(C)C. The standard InChI is InChI=1S/C19H20N2O2/c1-12-19(2,3)15-9-10-16(21-18(15)20-12)14-7-4-13(5-8-14)6-11-17(22)23/h4-5,7-10H,6,11H2,1-3H3,(H,22,23). The number of aromatic nitrogens is 1. The first-order valence-electron chi connectivity index (χ1n) is 7.76. The van der Waals surface area contributed by atoms with Crippen LogP contribution in [0.15, 0.2) is 41.4 Å². The monoisotopic (exact) mass is 308 g/mol. The largest absolute Gasteiger partial charge is 0.481 e. The average Bonchev–Trinajstić information content (AvgIpc) is 2.75. The lowest BCUT2D eigenvalue weighted by molar-refractivity contribution is -0.136. The Morgan fingerprint density at radius 2 is 1.83 bits per heavy atom. The topological polar surface area (TPSA) is 62.5 Å². The molecule has 0 radical (unpaired) electrons. The molecule has 0 unspecified atom stereocenters. The van der Waals surface area contributed by atoms with Gasteiger partial charge >= 0.3 is 5.97 Å². The summed E-state index contributed by atoms with van der Waals surface area (Å²) >= 11 is 0. The van der Waals surface area contributed by atoms with Gasteiger partial charge in [-0.05, 0) is 25.0 Å². The van der Waals surface area contributed by atoms with Crippen molar-refractivity contribution in [1.29, 1.82) is 0 Å². The summed E-state index contributed by atoms with van der Waals surface area (Å²) in [5.74, 6) is 0.0326. The van der Waals surface area contributed by atoms with Crippen molar-refractivity contribution in [1.82, 2.24) is 4.98 Å². The minimum Gasteiger partial charge on any atom is -0.481 e. The van der Waals surface area contributed by atoms with Crippen LogP contribution >= 0.6 is 0 Å². The number of fused-ring (bicyclic) bond motifs is 1. The van der Waals surface area contributed by atoms with Gasteiger partial charge in [0.2, 0.25) is 0 Å². The lowest BCUT2D eigenvalue weighted by Gasteiger charge is -2.19. The van der Waals surface area contributed by atoms with E-state index >= 15 is 0 Å². The van der Waals surface area contributed by atoms with E-state index in [4.69, 9.17) is 10.1 Å². The molecule has 1 aromatic carbocycles. The van der Waals surface area contributed by atoms with E-state index in [1.807, 2.05) is 37.3 Å². The van der Waals surface area contributed by atoms with Crippen molar-refractivity contribution < 1.29 is 9.90 Å². The van der Waals surface area contributed by atoms with Gasteiger partial charge in [-0.3, -0.25) is 4.79 Å². The van der Waals surface area contributed by atoms with Gasteiger partial charge in [-0.2, -0.15) is 0 Å². The van der Waals surface area contributed by atoms with Gasteiger partial charge in [-0.1, -0.05) is 44.2 Å². The summed E-state index contributed by atoms with van der Waals surface area (Å²) in [6.45, 7) is 6.37. The average molecular weight is 308 g/mol. The molecule has 1 aliphatic heterocycles. The minimum absolute atomic E-state index is 0.0540. The maximum atomic E-state index is 10.6. The van der Waals surface area contributed by atoms with Crippen LogP contribution in [0, 0.1) is 0 Å². The summed E-state index contributed by atoms with van der Waals surface area (Å²) in [4.78, 5) is 19.9. The fourth-order valence-corrected chi connectivity index (χ4v) is 2.77. The van der Waals surface area contributed by atoms with Crippen LogP contribution in [0.5, 0.6) is 0 Å². The second-order valence-electron chi connectivity index (χ2n) is 6.48. The number of rotatable bonds is 4. The highest BCUT2D eigenvalue weighted by Crippen LogP contribution is 2.39. The van der Waals surface area contributed by atoms with Crippen molar-refractivity contribution in [2.75, 3.05) is 0 Å². The molecule has 1 N–H and O–H groups in total. The Labute approximate surface area is 135 Å². The van der Waals surface area contributed by atoms with Gasteiger partial charge in [-0.25, -0.2) is 9.98 Å². The first-order chi connectivity index (χ1) is 10.9. The molecule has 0 bridgehead atoms. The normalized spacial score (nSPS) is 15.2. The zero-order valence-electron chi connectivity index (χ0n) is 13.6. The summed E-state index contributed by atoms with van der Waals surface area (Å²) in [6, 6.07) is 12.0. The second kappa shape index (κ2) is 5.61. The van der Waals surface area contributed by atoms with Crippen LogP contribution in [-0.2, 0) is 16.6 Å². The zero-order chi connectivity index (χ0) is 16.6. The maximum Gasteiger partial charge on any atom is 0.303 e. The summed E-state index contributed by atoms with van der Waals surface area (Å²) in [6.07, 6.45) is 0.699. The predicted octanol–water partition coefficient (Wildman–Crippen LogP) is 4.15. The lowest BCUT2D eigenvalue weighted by atomic mass is 9.83. The number of hydrogen-bond acceptors (Lipinski definition) is 3. The van der Waals surface area contributed by atoms with Crippen molar-refractivity contribution in [2.45, 2.75) is 39.0 Å². The molecule has 4 nitrogen and oxygen atoms in total. The quantitative estimate of drug-likeness (QED) is 0.923. The van der Waals surface area contributed by atoms with Gasteiger partial charge in [0.15, 0.2) is 5.82 Å². The van der Waals surface area contributed by atoms with Crippen LogP contribution in [0.3, 0.4) is 0 Å². The third-order valence-corrected chi connectivity index (χ3v) is 4.60. The number of carbonyl (C=O) groups is 1. The van der Waals surface area contributed by atoms with Gasteiger partial charge in [-0.15, -0.1) is 0 Å². The molecule has 0 fully saturated rings. The third-order valence-electron chi connectivity index (χ3n) is 4.60. The van der Waals surface area contributed by atoms with Crippen LogP contribution in [-0.4, -0.2) is 21.8 Å². The Bertz CT molecular complexity index is 790. The van der Waals surface area contributed by atoms with Crippen molar-refractivity contribution >= 4 is 17.5 Å². The molecule has 0 spiro atoms. The molecule has 2 aromatic rings. The number of hydrogen-bond donors (Lipinski definition) is 1. The molecule has 2 heterocycles. The molecule has 23 heavy (non-hydrogen) atoms. The van der Waals surface area contributed by atoms with Crippen LogP contribution in [0.1, 0.15) is 38.3 Å². The highest BCUT2D eigenvalue weighted by Gasteiger charge is 2.33. The molecule has 4 heteroatoms. The number of aliphatic carboxylic acids is 1. The summed E-state index contributed by atoms with van der Waals surface area (Å²) < 4.78 is 0. The number of aliphatic imine (C=N–C) groups is 1. The van der Waals surface area contributed by atoms with Gasteiger partial charge in [0.25, 0.3) is 0 Å². The van der Waals surface area contributed by atoms with Crippen LogP contribution in [0.2, 0.25) is 0 Å². The number of nitrogens with zero attached hydrogens (tertiary/aromatic N) is 2. The van der Waals surface area contributed by atoms with Gasteiger partial charge in [0.05, 0.1) is 5.69 Å². The molecule has 0 aliphatic carbocycles. The highest BCUT2D eigenvalue weighted by molar-refractivity contribution is 5.99. The van der Waals surface area contributed by atoms with E-state index in [1.54, 1.807) is 0 Å². The molecular formula is C19H20N2O2. The van der Waals surface area contributed by atoms with E-state index in [9.17, 15) is 4.79 Å². The van der Waals surface area contributed by atoms with Crippen LogP contribution in [0.4, 0.5) is 5.82 Å². The molecular weight excluding hydrogens is 288 g/mol. The Balaban J connectivity index is 1.86.